The Labute approximate surface area is 106 Å². The van der Waals surface area contributed by atoms with Crippen LogP contribution >= 0.6 is 0 Å². The smallest absolute Gasteiger partial charge is 1.00 e. The maximum absolute atomic E-state index is 10.5. The van der Waals surface area contributed by atoms with Crippen LogP contribution in [0.2, 0.25) is 0 Å². The molecule has 0 aromatic heterocycles. The summed E-state index contributed by atoms with van der Waals surface area (Å²) in [5, 5.41) is 0. The molecule has 0 aliphatic carbocycles. The summed E-state index contributed by atoms with van der Waals surface area (Å²) in [7, 11) is -3.49. The molecule has 0 amide bonds. The average Bonchev–Trinajstić information content (AvgIpc) is 2.02. The van der Waals surface area contributed by atoms with Crippen LogP contribution in [0.5, 0.6) is 0 Å². The summed E-state index contributed by atoms with van der Waals surface area (Å²) in [6.07, 6.45) is 0. The van der Waals surface area contributed by atoms with E-state index in [0.717, 1.165) is 5.56 Å². The minimum atomic E-state index is -3.49. The van der Waals surface area contributed by atoms with Gasteiger partial charge in [0.25, 0.3) is 9.05 Å². The van der Waals surface area contributed by atoms with Crippen LogP contribution in [0.4, 0.5) is 0 Å². The van der Waals surface area contributed by atoms with Crippen LogP contribution in [0.3, 0.4) is 0 Å². The van der Waals surface area contributed by atoms with Gasteiger partial charge in [-0.3, -0.25) is 8.74 Å². The standard InChI is InChI=1S/C7H8O3S2.Na.H/c8-12(9,11)10-6-7-4-2-1-3-5-7;;/h1-5H,6H2,(H,8,9,11);;/q;+1;-1. The Bertz CT molecular complexity index is 341. The van der Waals surface area contributed by atoms with Crippen molar-refractivity contribution in [3.05, 3.63) is 35.9 Å². The van der Waals surface area contributed by atoms with Gasteiger partial charge in [0, 0.05) is 11.2 Å². The number of rotatable bonds is 3. The zero-order chi connectivity index (χ0) is 9.03. The molecule has 1 aromatic carbocycles. The number of hydrogen-bond acceptors (Lipinski definition) is 3. The molecule has 1 unspecified atom stereocenters. The van der Waals surface area contributed by atoms with Crippen LogP contribution in [0.1, 0.15) is 6.99 Å². The van der Waals surface area contributed by atoms with Gasteiger partial charge < -0.3 is 1.43 Å². The summed E-state index contributed by atoms with van der Waals surface area (Å²) >= 11 is 4.15. The quantitative estimate of drug-likeness (QED) is 0.637. The van der Waals surface area contributed by atoms with Gasteiger partial charge in [-0.2, -0.15) is 4.21 Å². The second-order valence-electron chi connectivity index (χ2n) is 2.18. The van der Waals surface area contributed by atoms with E-state index in [1.54, 1.807) is 12.1 Å². The molecule has 0 heterocycles. The third-order valence-electron chi connectivity index (χ3n) is 1.22. The minimum Gasteiger partial charge on any atom is -1.00 e. The van der Waals surface area contributed by atoms with Crippen molar-refractivity contribution in [1.82, 2.24) is 0 Å². The third-order valence-corrected chi connectivity index (χ3v) is 1.92. The Morgan fingerprint density at radius 3 is 2.46 bits per heavy atom. The predicted molar refractivity (Wildman–Crippen MR) is 50.5 cm³/mol. The summed E-state index contributed by atoms with van der Waals surface area (Å²) in [5.41, 5.74) is 0.823. The van der Waals surface area contributed by atoms with Crippen LogP contribution < -0.4 is 29.6 Å². The predicted octanol–water partition coefficient (Wildman–Crippen LogP) is -1.55. The van der Waals surface area contributed by atoms with Crippen molar-refractivity contribution in [1.29, 1.82) is 0 Å². The molecule has 0 spiro atoms. The van der Waals surface area contributed by atoms with Gasteiger partial charge in [-0.05, 0) is 5.56 Å². The van der Waals surface area contributed by atoms with E-state index in [4.69, 9.17) is 4.55 Å². The van der Waals surface area contributed by atoms with Gasteiger partial charge in [0.1, 0.15) is 0 Å². The Hall–Kier alpha value is 0.510. The van der Waals surface area contributed by atoms with E-state index in [1.807, 2.05) is 18.2 Å². The van der Waals surface area contributed by atoms with Gasteiger partial charge in [0.05, 0.1) is 6.61 Å². The topological polar surface area (TPSA) is 46.5 Å². The second-order valence-corrected chi connectivity index (χ2v) is 4.53. The third kappa shape index (κ3) is 6.56. The average molecular weight is 228 g/mol. The molecule has 0 aliphatic heterocycles. The van der Waals surface area contributed by atoms with Crippen LogP contribution in [-0.2, 0) is 31.0 Å². The van der Waals surface area contributed by atoms with Crippen LogP contribution in [0.15, 0.2) is 30.3 Å². The Balaban J connectivity index is 0. The van der Waals surface area contributed by atoms with Gasteiger partial charge in [0.15, 0.2) is 0 Å². The Morgan fingerprint density at radius 2 is 2.00 bits per heavy atom. The van der Waals surface area contributed by atoms with Crippen molar-refractivity contribution in [3.8, 4) is 0 Å². The van der Waals surface area contributed by atoms with Gasteiger partial charge in [-0.25, -0.2) is 0 Å². The first-order valence-corrected chi connectivity index (χ1v) is 5.60. The van der Waals surface area contributed by atoms with E-state index < -0.39 is 9.05 Å². The number of hydrogen-bond donors (Lipinski definition) is 1. The molecule has 0 saturated heterocycles. The monoisotopic (exact) mass is 228 g/mol. The molecule has 0 radical (unpaired) electrons. The van der Waals surface area contributed by atoms with E-state index in [2.05, 4.69) is 15.4 Å². The van der Waals surface area contributed by atoms with Crippen molar-refractivity contribution >= 4 is 20.2 Å². The summed E-state index contributed by atoms with van der Waals surface area (Å²) in [5.74, 6) is 0. The van der Waals surface area contributed by atoms with Crippen molar-refractivity contribution in [2.45, 2.75) is 6.61 Å². The van der Waals surface area contributed by atoms with E-state index in [1.165, 1.54) is 0 Å². The SMILES string of the molecule is O=S(O)(=S)OCc1ccccc1.[H-].[Na+]. The van der Waals surface area contributed by atoms with Crippen molar-refractivity contribution in [3.63, 3.8) is 0 Å². The van der Waals surface area contributed by atoms with Gasteiger partial charge in [-0.15, -0.1) is 0 Å². The molecule has 13 heavy (non-hydrogen) atoms. The molecule has 0 fully saturated rings. The second kappa shape index (κ2) is 6.08. The fourth-order valence-electron chi connectivity index (χ4n) is 0.717. The summed E-state index contributed by atoms with van der Waals surface area (Å²) in [4.78, 5) is 0. The van der Waals surface area contributed by atoms with E-state index in [0.29, 0.717) is 0 Å². The van der Waals surface area contributed by atoms with E-state index in [9.17, 15) is 4.21 Å². The summed E-state index contributed by atoms with van der Waals surface area (Å²) < 4.78 is 23.6. The molecule has 3 nitrogen and oxygen atoms in total. The molecule has 68 valence electrons. The molecule has 0 aliphatic rings. The maximum Gasteiger partial charge on any atom is 1.00 e. The van der Waals surface area contributed by atoms with Crippen LogP contribution in [0.25, 0.3) is 0 Å². The zero-order valence-corrected chi connectivity index (χ0v) is 10.8. The molecular formula is C7H9NaO3S2. The van der Waals surface area contributed by atoms with Crippen molar-refractivity contribution in [2.24, 2.45) is 0 Å². The normalized spacial score (nSPS) is 14.2. The van der Waals surface area contributed by atoms with Gasteiger partial charge >= 0.3 is 29.6 Å². The zero-order valence-electron chi connectivity index (χ0n) is 8.17. The van der Waals surface area contributed by atoms with E-state index >= 15 is 0 Å². The van der Waals surface area contributed by atoms with Crippen LogP contribution in [0, 0.1) is 0 Å². The molecule has 1 aromatic rings. The van der Waals surface area contributed by atoms with Gasteiger partial charge in [-0.1, -0.05) is 30.3 Å². The number of benzene rings is 1. The Morgan fingerprint density at radius 1 is 1.46 bits per heavy atom. The largest absolute Gasteiger partial charge is 1.00 e. The van der Waals surface area contributed by atoms with Crippen LogP contribution in [-0.4, -0.2) is 8.76 Å². The molecule has 1 atom stereocenters. The van der Waals surface area contributed by atoms with Gasteiger partial charge in [0.2, 0.25) is 0 Å². The van der Waals surface area contributed by atoms with E-state index in [-0.39, 0.29) is 37.6 Å². The first kappa shape index (κ1) is 13.5. The molecular weight excluding hydrogens is 219 g/mol. The molecule has 6 heteroatoms. The Kier molecular flexibility index (Phi) is 6.32. The van der Waals surface area contributed by atoms with Crippen molar-refractivity contribution in [2.75, 3.05) is 0 Å². The summed E-state index contributed by atoms with van der Waals surface area (Å²) in [6.45, 7) is 0.0691. The maximum atomic E-state index is 10.5. The first-order chi connectivity index (χ1) is 5.58. The first-order valence-electron chi connectivity index (χ1n) is 3.24. The molecule has 1 rings (SSSR count). The fraction of sp³-hybridized carbons (Fsp3) is 0.143. The van der Waals surface area contributed by atoms with Crippen molar-refractivity contribution < 1.29 is 43.9 Å². The molecule has 1 N–H and O–H groups in total. The summed E-state index contributed by atoms with van der Waals surface area (Å²) in [6, 6.07) is 9.08. The fourth-order valence-corrected chi connectivity index (χ4v) is 1.15. The molecule has 0 bridgehead atoms. The molecule has 0 saturated carbocycles. The minimum absolute atomic E-state index is 0.